The lowest BCUT2D eigenvalue weighted by Gasteiger charge is -2.32. The number of likely N-dealkylation sites (tertiary alicyclic amines) is 1. The highest BCUT2D eigenvalue weighted by atomic mass is 19.1. The Balaban J connectivity index is 1.40. The van der Waals surface area contributed by atoms with Crippen molar-refractivity contribution in [1.29, 1.82) is 0 Å². The van der Waals surface area contributed by atoms with Crippen LogP contribution >= 0.6 is 0 Å². The molecule has 0 N–H and O–H groups in total. The zero-order valence-corrected chi connectivity index (χ0v) is 16.0. The van der Waals surface area contributed by atoms with Crippen molar-refractivity contribution >= 4 is 5.91 Å². The summed E-state index contributed by atoms with van der Waals surface area (Å²) in [6.07, 6.45) is 3.68. The van der Waals surface area contributed by atoms with Crippen LogP contribution < -0.4 is 4.74 Å². The number of benzene rings is 2. The second-order valence-corrected chi connectivity index (χ2v) is 7.09. The van der Waals surface area contributed by atoms with Crippen molar-refractivity contribution in [2.75, 3.05) is 19.7 Å². The fourth-order valence-corrected chi connectivity index (χ4v) is 3.54. The van der Waals surface area contributed by atoms with Gasteiger partial charge in [-0.2, -0.15) is 0 Å². The Hall–Kier alpha value is -3.28. The summed E-state index contributed by atoms with van der Waals surface area (Å²) in [5.41, 5.74) is 1.93. The maximum Gasteiger partial charge on any atom is 0.260 e. The maximum atomic E-state index is 13.0. The third-order valence-electron chi connectivity index (χ3n) is 5.08. The van der Waals surface area contributed by atoms with Gasteiger partial charge in [0.2, 0.25) is 0 Å². The molecule has 1 saturated heterocycles. The Morgan fingerprint density at radius 1 is 1.10 bits per heavy atom. The molecule has 2 aromatic carbocycles. The van der Waals surface area contributed by atoms with Crippen LogP contribution in [0.2, 0.25) is 0 Å². The number of hydrogen-bond acceptors (Lipinski definition) is 4. The average Bonchev–Trinajstić information content (AvgIpc) is 2.79. The van der Waals surface area contributed by atoms with E-state index in [2.05, 4.69) is 4.98 Å². The van der Waals surface area contributed by atoms with E-state index in [1.54, 1.807) is 6.20 Å². The van der Waals surface area contributed by atoms with Crippen LogP contribution in [-0.2, 0) is 4.79 Å². The van der Waals surface area contributed by atoms with E-state index in [0.717, 1.165) is 24.1 Å². The Bertz CT molecular complexity index is 963. The van der Waals surface area contributed by atoms with Gasteiger partial charge in [-0.05, 0) is 43.2 Å². The molecular weight excluding hydrogens is 369 g/mol. The Morgan fingerprint density at radius 2 is 1.90 bits per heavy atom. The van der Waals surface area contributed by atoms with Gasteiger partial charge in [0.05, 0.1) is 0 Å². The zero-order valence-electron chi connectivity index (χ0n) is 16.0. The smallest absolute Gasteiger partial charge is 0.260 e. The van der Waals surface area contributed by atoms with Crippen LogP contribution in [0, 0.1) is 5.82 Å². The summed E-state index contributed by atoms with van der Waals surface area (Å²) < 4.78 is 18.5. The third-order valence-corrected chi connectivity index (χ3v) is 5.08. The first-order chi connectivity index (χ1) is 14.2. The molecule has 6 heteroatoms. The summed E-state index contributed by atoms with van der Waals surface area (Å²) in [7, 11) is 0. The number of amides is 1. The second-order valence-electron chi connectivity index (χ2n) is 7.09. The summed E-state index contributed by atoms with van der Waals surface area (Å²) in [5, 5.41) is 0. The van der Waals surface area contributed by atoms with E-state index in [9.17, 15) is 9.18 Å². The number of hydrogen-bond donors (Lipinski definition) is 0. The SMILES string of the molecule is O=C(COc1ccc(F)cc1)N1CCC[C@H](c2ccnc(-c3ccccc3)n2)C1. The van der Waals surface area contributed by atoms with Crippen LogP contribution in [0.1, 0.15) is 24.5 Å². The molecule has 5 nitrogen and oxygen atoms in total. The lowest BCUT2D eigenvalue weighted by molar-refractivity contribution is -0.134. The minimum atomic E-state index is -0.331. The summed E-state index contributed by atoms with van der Waals surface area (Å²) in [6, 6.07) is 17.5. The van der Waals surface area contributed by atoms with Crippen LogP contribution in [-0.4, -0.2) is 40.5 Å². The van der Waals surface area contributed by atoms with Crippen molar-refractivity contribution in [3.8, 4) is 17.1 Å². The molecule has 0 spiro atoms. The van der Waals surface area contributed by atoms with E-state index in [1.165, 1.54) is 24.3 Å². The standard InChI is InChI=1S/C23H22FN3O2/c24-19-8-10-20(11-9-19)29-16-22(28)27-14-4-7-18(15-27)21-12-13-25-23(26-21)17-5-2-1-3-6-17/h1-3,5-6,8-13,18H,4,7,14-16H2/t18-/m0/s1. The van der Waals surface area contributed by atoms with Crippen molar-refractivity contribution in [2.24, 2.45) is 0 Å². The van der Waals surface area contributed by atoms with E-state index in [-0.39, 0.29) is 24.2 Å². The van der Waals surface area contributed by atoms with E-state index < -0.39 is 0 Å². The molecule has 0 aliphatic carbocycles. The number of rotatable bonds is 5. The van der Waals surface area contributed by atoms with Gasteiger partial charge < -0.3 is 9.64 Å². The largest absolute Gasteiger partial charge is 0.484 e. The summed E-state index contributed by atoms with van der Waals surface area (Å²) in [5.74, 6) is 0.949. The fraction of sp³-hybridized carbons (Fsp3) is 0.261. The van der Waals surface area contributed by atoms with Crippen LogP contribution in [0.25, 0.3) is 11.4 Å². The molecular formula is C23H22FN3O2. The van der Waals surface area contributed by atoms with Gasteiger partial charge in [0.1, 0.15) is 11.6 Å². The van der Waals surface area contributed by atoms with E-state index >= 15 is 0 Å². The molecule has 3 aromatic rings. The predicted molar refractivity (Wildman–Crippen MR) is 108 cm³/mol. The van der Waals surface area contributed by atoms with Gasteiger partial charge in [0, 0.05) is 36.5 Å². The van der Waals surface area contributed by atoms with Crippen LogP contribution in [0.15, 0.2) is 66.9 Å². The van der Waals surface area contributed by atoms with Gasteiger partial charge in [0.25, 0.3) is 5.91 Å². The quantitative estimate of drug-likeness (QED) is 0.658. The molecule has 0 saturated carbocycles. The molecule has 29 heavy (non-hydrogen) atoms. The lowest BCUT2D eigenvalue weighted by atomic mass is 9.94. The Labute approximate surface area is 169 Å². The molecule has 2 heterocycles. The van der Waals surface area contributed by atoms with Crippen LogP contribution in [0.3, 0.4) is 0 Å². The average molecular weight is 391 g/mol. The Morgan fingerprint density at radius 3 is 2.69 bits per heavy atom. The Kier molecular flexibility index (Phi) is 5.79. The maximum absolute atomic E-state index is 13.0. The minimum absolute atomic E-state index is 0.0581. The molecule has 4 rings (SSSR count). The monoisotopic (exact) mass is 391 g/mol. The molecule has 1 aliphatic rings. The summed E-state index contributed by atoms with van der Waals surface area (Å²) in [4.78, 5) is 23.6. The van der Waals surface area contributed by atoms with Crippen molar-refractivity contribution < 1.29 is 13.9 Å². The third kappa shape index (κ3) is 4.77. The van der Waals surface area contributed by atoms with E-state index in [1.807, 2.05) is 41.3 Å². The van der Waals surface area contributed by atoms with E-state index in [0.29, 0.717) is 24.7 Å². The number of nitrogens with zero attached hydrogens (tertiary/aromatic N) is 3. The predicted octanol–water partition coefficient (Wildman–Crippen LogP) is 4.07. The van der Waals surface area contributed by atoms with Gasteiger partial charge in [-0.3, -0.25) is 4.79 Å². The number of piperidine rings is 1. The number of ether oxygens (including phenoxy) is 1. The summed E-state index contributed by atoms with van der Waals surface area (Å²) in [6.45, 7) is 1.26. The first kappa shape index (κ1) is 19.1. The first-order valence-corrected chi connectivity index (χ1v) is 9.73. The van der Waals surface area contributed by atoms with Crippen molar-refractivity contribution in [1.82, 2.24) is 14.9 Å². The van der Waals surface area contributed by atoms with Gasteiger partial charge in [0.15, 0.2) is 12.4 Å². The lowest BCUT2D eigenvalue weighted by Crippen LogP contribution is -2.41. The van der Waals surface area contributed by atoms with Gasteiger partial charge >= 0.3 is 0 Å². The highest BCUT2D eigenvalue weighted by Gasteiger charge is 2.26. The highest BCUT2D eigenvalue weighted by Crippen LogP contribution is 2.27. The molecule has 1 atom stereocenters. The molecule has 1 amide bonds. The molecule has 148 valence electrons. The van der Waals surface area contributed by atoms with Gasteiger partial charge in [-0.25, -0.2) is 14.4 Å². The first-order valence-electron chi connectivity index (χ1n) is 9.73. The molecule has 0 radical (unpaired) electrons. The molecule has 0 bridgehead atoms. The van der Waals surface area contributed by atoms with Crippen LogP contribution in [0.5, 0.6) is 5.75 Å². The molecule has 0 unspecified atom stereocenters. The summed E-state index contributed by atoms with van der Waals surface area (Å²) >= 11 is 0. The normalized spacial score (nSPS) is 16.4. The van der Waals surface area contributed by atoms with Crippen molar-refractivity contribution in [2.45, 2.75) is 18.8 Å². The zero-order chi connectivity index (χ0) is 20.1. The van der Waals surface area contributed by atoms with Crippen molar-refractivity contribution in [3.05, 3.63) is 78.4 Å². The van der Waals surface area contributed by atoms with Crippen molar-refractivity contribution in [3.63, 3.8) is 0 Å². The molecule has 1 aromatic heterocycles. The number of carbonyl (C=O) groups is 1. The van der Waals surface area contributed by atoms with Gasteiger partial charge in [-0.15, -0.1) is 0 Å². The number of carbonyl (C=O) groups excluding carboxylic acids is 1. The highest BCUT2D eigenvalue weighted by molar-refractivity contribution is 5.78. The fourth-order valence-electron chi connectivity index (χ4n) is 3.54. The number of aromatic nitrogens is 2. The minimum Gasteiger partial charge on any atom is -0.484 e. The number of halogens is 1. The van der Waals surface area contributed by atoms with E-state index in [4.69, 9.17) is 9.72 Å². The molecule has 1 fully saturated rings. The van der Waals surface area contributed by atoms with Crippen LogP contribution in [0.4, 0.5) is 4.39 Å². The van der Waals surface area contributed by atoms with Gasteiger partial charge in [-0.1, -0.05) is 30.3 Å². The second kappa shape index (κ2) is 8.82. The topological polar surface area (TPSA) is 55.3 Å². The molecule has 1 aliphatic heterocycles.